The molecule has 1 aliphatic rings. The van der Waals surface area contributed by atoms with E-state index in [1.165, 1.54) is 11.8 Å². The quantitative estimate of drug-likeness (QED) is 0.740. The molecule has 7 heteroatoms. The van der Waals surface area contributed by atoms with Gasteiger partial charge in [0.15, 0.2) is 0 Å². The highest BCUT2D eigenvalue weighted by Crippen LogP contribution is 2.28. The average molecular weight is 337 g/mol. The molecule has 0 saturated heterocycles. The van der Waals surface area contributed by atoms with Crippen molar-refractivity contribution < 1.29 is 4.79 Å². The Morgan fingerprint density at radius 1 is 1.16 bits per heavy atom. The number of fused-ring (bicyclic) bond motifs is 1. The maximum absolute atomic E-state index is 12.6. The topological polar surface area (TPSA) is 86.8 Å². The van der Waals surface area contributed by atoms with E-state index in [0.717, 1.165) is 23.4 Å². The minimum atomic E-state index is -0.366. The standard InChI is InChI=1S/C18H19N5O2/c1-22-16(12-5-3-2-4-6-12)13-7-9-23(10-8-14(13)21-22)17(24)15-11-19-18(25)20-15/h2-6,11H,7-10H2,1H3,(H2,19,20,25). The lowest BCUT2D eigenvalue weighted by Gasteiger charge is -2.19. The molecule has 0 radical (unpaired) electrons. The van der Waals surface area contributed by atoms with Crippen LogP contribution in [0.2, 0.25) is 0 Å². The summed E-state index contributed by atoms with van der Waals surface area (Å²) < 4.78 is 1.93. The van der Waals surface area contributed by atoms with E-state index in [-0.39, 0.29) is 11.6 Å². The molecule has 2 aromatic heterocycles. The van der Waals surface area contributed by atoms with Gasteiger partial charge in [0.2, 0.25) is 0 Å². The first-order valence-electron chi connectivity index (χ1n) is 8.30. The number of nitrogens with one attached hydrogen (secondary N) is 2. The highest BCUT2D eigenvalue weighted by Gasteiger charge is 2.25. The fourth-order valence-corrected chi connectivity index (χ4v) is 3.46. The van der Waals surface area contributed by atoms with Crippen LogP contribution in [0.15, 0.2) is 41.3 Å². The normalized spacial score (nSPS) is 14.2. The summed E-state index contributed by atoms with van der Waals surface area (Å²) in [5, 5.41) is 4.67. The molecular weight excluding hydrogens is 318 g/mol. The zero-order chi connectivity index (χ0) is 17.4. The zero-order valence-electron chi connectivity index (χ0n) is 14.0. The number of amides is 1. The predicted molar refractivity (Wildman–Crippen MR) is 93.4 cm³/mol. The summed E-state index contributed by atoms with van der Waals surface area (Å²) in [4.78, 5) is 30.6. The van der Waals surface area contributed by atoms with Crippen molar-refractivity contribution in [1.82, 2.24) is 24.6 Å². The zero-order valence-corrected chi connectivity index (χ0v) is 14.0. The maximum atomic E-state index is 12.6. The number of hydrogen-bond acceptors (Lipinski definition) is 3. The summed E-state index contributed by atoms with van der Waals surface area (Å²) in [5.41, 5.74) is 4.42. The Morgan fingerprint density at radius 2 is 1.92 bits per heavy atom. The van der Waals surface area contributed by atoms with E-state index < -0.39 is 0 Å². The second-order valence-corrected chi connectivity index (χ2v) is 6.21. The first-order chi connectivity index (χ1) is 12.1. The molecule has 1 aliphatic heterocycles. The van der Waals surface area contributed by atoms with Crippen molar-refractivity contribution in [3.63, 3.8) is 0 Å². The molecule has 0 spiro atoms. The lowest BCUT2D eigenvalue weighted by molar-refractivity contribution is 0.0757. The van der Waals surface area contributed by atoms with Gasteiger partial charge in [-0.05, 0) is 6.42 Å². The summed E-state index contributed by atoms with van der Waals surface area (Å²) >= 11 is 0. The van der Waals surface area contributed by atoms with Gasteiger partial charge in [0.25, 0.3) is 5.91 Å². The van der Waals surface area contributed by atoms with E-state index in [2.05, 4.69) is 27.2 Å². The van der Waals surface area contributed by atoms with Crippen LogP contribution >= 0.6 is 0 Å². The number of hydrogen-bond donors (Lipinski definition) is 2. The number of aromatic nitrogens is 4. The molecule has 0 fully saturated rings. The van der Waals surface area contributed by atoms with Crippen molar-refractivity contribution in [3.05, 3.63) is 64.0 Å². The van der Waals surface area contributed by atoms with Gasteiger partial charge in [0.05, 0.1) is 11.4 Å². The lowest BCUT2D eigenvalue weighted by atomic mass is 10.0. The van der Waals surface area contributed by atoms with Crippen molar-refractivity contribution in [2.24, 2.45) is 7.05 Å². The van der Waals surface area contributed by atoms with Crippen LogP contribution in [-0.4, -0.2) is 43.6 Å². The summed E-state index contributed by atoms with van der Waals surface area (Å²) in [6, 6.07) is 10.2. The molecule has 3 heterocycles. The van der Waals surface area contributed by atoms with E-state index in [1.54, 1.807) is 4.90 Å². The van der Waals surface area contributed by atoms with Crippen molar-refractivity contribution >= 4 is 5.91 Å². The van der Waals surface area contributed by atoms with Crippen LogP contribution in [0.3, 0.4) is 0 Å². The van der Waals surface area contributed by atoms with Crippen LogP contribution in [-0.2, 0) is 19.9 Å². The van der Waals surface area contributed by atoms with Gasteiger partial charge < -0.3 is 14.9 Å². The number of aryl methyl sites for hydroxylation is 1. The summed E-state index contributed by atoms with van der Waals surface area (Å²) in [6.07, 6.45) is 2.88. The van der Waals surface area contributed by atoms with E-state index in [4.69, 9.17) is 0 Å². The Hall–Kier alpha value is -3.09. The molecule has 25 heavy (non-hydrogen) atoms. The largest absolute Gasteiger partial charge is 0.337 e. The Labute approximate surface area is 144 Å². The van der Waals surface area contributed by atoms with Crippen LogP contribution in [0.25, 0.3) is 11.3 Å². The number of imidazole rings is 1. The molecular formula is C18H19N5O2. The third-order valence-corrected chi connectivity index (χ3v) is 4.64. The van der Waals surface area contributed by atoms with E-state index >= 15 is 0 Å². The monoisotopic (exact) mass is 337 g/mol. The van der Waals surface area contributed by atoms with E-state index in [0.29, 0.717) is 25.2 Å². The second-order valence-electron chi connectivity index (χ2n) is 6.21. The first-order valence-corrected chi connectivity index (χ1v) is 8.30. The molecule has 1 amide bonds. The van der Waals surface area contributed by atoms with Gasteiger partial charge >= 0.3 is 5.69 Å². The Bertz CT molecular complexity index is 967. The van der Waals surface area contributed by atoms with Crippen molar-refractivity contribution in [1.29, 1.82) is 0 Å². The third kappa shape index (κ3) is 2.77. The number of H-pyrrole nitrogens is 2. The molecule has 0 saturated carbocycles. The SMILES string of the molecule is Cn1nc2c(c1-c1ccccc1)CCN(C(=O)c1c[nH]c(=O)[nH]1)CC2. The minimum absolute atomic E-state index is 0.158. The van der Waals surface area contributed by atoms with E-state index in [9.17, 15) is 9.59 Å². The lowest BCUT2D eigenvalue weighted by Crippen LogP contribution is -2.34. The van der Waals surface area contributed by atoms with Crippen LogP contribution in [0, 0.1) is 0 Å². The van der Waals surface area contributed by atoms with Gasteiger partial charge in [-0.2, -0.15) is 5.10 Å². The molecule has 1 aromatic carbocycles. The Morgan fingerprint density at radius 3 is 2.64 bits per heavy atom. The number of carbonyl (C=O) groups excluding carboxylic acids is 1. The van der Waals surface area contributed by atoms with Crippen LogP contribution < -0.4 is 5.69 Å². The molecule has 2 N–H and O–H groups in total. The number of benzene rings is 1. The summed E-state index contributed by atoms with van der Waals surface area (Å²) in [5.74, 6) is -0.158. The van der Waals surface area contributed by atoms with Gasteiger partial charge in [-0.3, -0.25) is 9.48 Å². The molecule has 7 nitrogen and oxygen atoms in total. The van der Waals surface area contributed by atoms with Gasteiger partial charge in [0, 0.05) is 43.9 Å². The average Bonchev–Trinajstić information content (AvgIpc) is 3.12. The fraction of sp³-hybridized carbons (Fsp3) is 0.278. The molecule has 0 bridgehead atoms. The minimum Gasteiger partial charge on any atom is -0.337 e. The van der Waals surface area contributed by atoms with Crippen LogP contribution in [0.1, 0.15) is 21.7 Å². The maximum Gasteiger partial charge on any atom is 0.323 e. The summed E-state index contributed by atoms with van der Waals surface area (Å²) in [6.45, 7) is 1.19. The van der Waals surface area contributed by atoms with Crippen molar-refractivity contribution in [2.45, 2.75) is 12.8 Å². The highest BCUT2D eigenvalue weighted by atomic mass is 16.2. The molecule has 3 aromatic rings. The van der Waals surface area contributed by atoms with Gasteiger partial charge in [-0.15, -0.1) is 0 Å². The first kappa shape index (κ1) is 15.4. The number of rotatable bonds is 2. The third-order valence-electron chi connectivity index (χ3n) is 4.64. The van der Waals surface area contributed by atoms with Gasteiger partial charge in [-0.25, -0.2) is 4.79 Å². The number of carbonyl (C=O) groups is 1. The Balaban J connectivity index is 1.62. The van der Waals surface area contributed by atoms with Gasteiger partial charge in [-0.1, -0.05) is 30.3 Å². The molecule has 128 valence electrons. The van der Waals surface area contributed by atoms with E-state index in [1.807, 2.05) is 29.9 Å². The predicted octanol–water partition coefficient (Wildman–Crippen LogP) is 1.34. The molecule has 4 rings (SSSR count). The number of nitrogens with zero attached hydrogens (tertiary/aromatic N) is 3. The van der Waals surface area contributed by atoms with Crippen LogP contribution in [0.5, 0.6) is 0 Å². The molecule has 0 atom stereocenters. The molecule has 0 aliphatic carbocycles. The van der Waals surface area contributed by atoms with Gasteiger partial charge in [0.1, 0.15) is 5.69 Å². The van der Waals surface area contributed by atoms with Crippen LogP contribution in [0.4, 0.5) is 0 Å². The number of aromatic amines is 2. The summed E-state index contributed by atoms with van der Waals surface area (Å²) in [7, 11) is 1.96. The second kappa shape index (κ2) is 6.08. The molecule has 0 unspecified atom stereocenters. The smallest absolute Gasteiger partial charge is 0.323 e. The highest BCUT2D eigenvalue weighted by molar-refractivity contribution is 5.92. The Kier molecular flexibility index (Phi) is 3.76. The van der Waals surface area contributed by atoms with Crippen molar-refractivity contribution in [2.75, 3.05) is 13.1 Å². The fourth-order valence-electron chi connectivity index (χ4n) is 3.46. The van der Waals surface area contributed by atoms with Crippen molar-refractivity contribution in [3.8, 4) is 11.3 Å².